The smallest absolute Gasteiger partial charge is 0.255 e. The van der Waals surface area contributed by atoms with Crippen LogP contribution in [0.15, 0.2) is 6.20 Å². The molecule has 0 aromatic carbocycles. The molecule has 4 heteroatoms. The summed E-state index contributed by atoms with van der Waals surface area (Å²) in [5.41, 5.74) is 0.892. The minimum atomic E-state index is -0.505. The Bertz CT molecular complexity index is 369. The second kappa shape index (κ2) is 3.65. The molecule has 1 aromatic heterocycles. The molecule has 0 N–H and O–H groups in total. The van der Waals surface area contributed by atoms with Crippen LogP contribution in [0.4, 0.5) is 0 Å². The van der Waals surface area contributed by atoms with Crippen LogP contribution in [-0.2, 0) is 5.41 Å². The third-order valence-corrected chi connectivity index (χ3v) is 2.03. The summed E-state index contributed by atoms with van der Waals surface area (Å²) in [6, 6.07) is 0. The predicted octanol–water partition coefficient (Wildman–Crippen LogP) is 2.46. The number of carbonyl (C=O) groups is 1. The highest BCUT2D eigenvalue weighted by Crippen LogP contribution is 2.24. The lowest BCUT2D eigenvalue weighted by atomic mass is 9.89. The normalized spacial score (nSPS) is 11.5. The number of carbonyl (C=O) groups excluding carboxylic acids is 1. The van der Waals surface area contributed by atoms with E-state index in [1.165, 1.54) is 6.20 Å². The van der Waals surface area contributed by atoms with Crippen LogP contribution in [0.5, 0.6) is 0 Å². The molecule has 0 amide bonds. The molecule has 0 atom stereocenters. The Labute approximate surface area is 88.5 Å². The number of halogens is 1. The molecule has 0 aliphatic rings. The lowest BCUT2D eigenvalue weighted by Gasteiger charge is -2.19. The molecule has 0 bridgehead atoms. The van der Waals surface area contributed by atoms with Crippen molar-refractivity contribution in [3.63, 3.8) is 0 Å². The first-order valence-electron chi connectivity index (χ1n) is 4.36. The summed E-state index contributed by atoms with van der Waals surface area (Å²) in [6.07, 6.45) is 1.48. The fourth-order valence-electron chi connectivity index (χ4n) is 1.19. The molecule has 0 unspecified atom stereocenters. The van der Waals surface area contributed by atoms with Gasteiger partial charge in [-0.15, -0.1) is 0 Å². The number of nitrogens with zero attached hydrogens (tertiary/aromatic N) is 2. The fraction of sp³-hybridized carbons (Fsp3) is 0.500. The van der Waals surface area contributed by atoms with E-state index in [1.54, 1.807) is 6.92 Å². The number of hydrogen-bond acceptors (Lipinski definition) is 3. The Morgan fingerprint density at radius 1 is 1.43 bits per heavy atom. The maximum atomic E-state index is 11.1. The molecule has 0 aliphatic heterocycles. The molecule has 1 aromatic rings. The second-order valence-corrected chi connectivity index (χ2v) is 4.55. The number of hydrogen-bond donors (Lipinski definition) is 0. The molecule has 14 heavy (non-hydrogen) atoms. The Morgan fingerprint density at radius 2 is 2.00 bits per heavy atom. The highest BCUT2D eigenvalue weighted by Gasteiger charge is 2.23. The van der Waals surface area contributed by atoms with Gasteiger partial charge in [0.1, 0.15) is 5.82 Å². The standard InChI is InChI=1S/C10H13ClN2O/c1-6-12-5-7(9(11)14)8(13-6)10(2,3)4/h5H,1-4H3. The molecule has 0 spiro atoms. The van der Waals surface area contributed by atoms with Crippen molar-refractivity contribution in [1.29, 1.82) is 0 Å². The zero-order chi connectivity index (χ0) is 10.9. The predicted molar refractivity (Wildman–Crippen MR) is 55.7 cm³/mol. The average Bonchev–Trinajstić information content (AvgIpc) is 2.01. The van der Waals surface area contributed by atoms with E-state index in [0.717, 1.165) is 0 Å². The summed E-state index contributed by atoms with van der Waals surface area (Å²) in [5.74, 6) is 0.650. The van der Waals surface area contributed by atoms with E-state index >= 15 is 0 Å². The van der Waals surface area contributed by atoms with Crippen molar-refractivity contribution < 1.29 is 4.79 Å². The van der Waals surface area contributed by atoms with Gasteiger partial charge in [-0.25, -0.2) is 9.97 Å². The molecule has 0 fully saturated rings. The van der Waals surface area contributed by atoms with Crippen molar-refractivity contribution in [3.05, 3.63) is 23.3 Å². The molecule has 1 heterocycles. The van der Waals surface area contributed by atoms with E-state index < -0.39 is 5.24 Å². The largest absolute Gasteiger partial charge is 0.275 e. The van der Waals surface area contributed by atoms with Gasteiger partial charge in [-0.2, -0.15) is 0 Å². The van der Waals surface area contributed by atoms with Crippen LogP contribution in [0.2, 0.25) is 0 Å². The molecular weight excluding hydrogens is 200 g/mol. The minimum Gasteiger partial charge on any atom is -0.275 e. The van der Waals surface area contributed by atoms with Crippen molar-refractivity contribution >= 4 is 16.8 Å². The van der Waals surface area contributed by atoms with Gasteiger partial charge >= 0.3 is 0 Å². The Kier molecular flexibility index (Phi) is 2.90. The average molecular weight is 213 g/mol. The van der Waals surface area contributed by atoms with Gasteiger partial charge in [0, 0.05) is 11.6 Å². The van der Waals surface area contributed by atoms with Gasteiger partial charge in [0.2, 0.25) is 0 Å². The third-order valence-electron chi connectivity index (χ3n) is 1.83. The number of aryl methyl sites for hydroxylation is 1. The van der Waals surface area contributed by atoms with Crippen LogP contribution in [0.3, 0.4) is 0 Å². The van der Waals surface area contributed by atoms with Gasteiger partial charge in [-0.05, 0) is 18.5 Å². The van der Waals surface area contributed by atoms with Crippen LogP contribution >= 0.6 is 11.6 Å². The van der Waals surface area contributed by atoms with E-state index in [-0.39, 0.29) is 5.41 Å². The fourth-order valence-corrected chi connectivity index (χ4v) is 1.32. The van der Waals surface area contributed by atoms with Crippen LogP contribution < -0.4 is 0 Å². The van der Waals surface area contributed by atoms with Gasteiger partial charge in [0.05, 0.1) is 11.3 Å². The molecule has 0 saturated carbocycles. The maximum Gasteiger partial charge on any atom is 0.255 e. The molecule has 3 nitrogen and oxygen atoms in total. The van der Waals surface area contributed by atoms with Gasteiger partial charge in [-0.1, -0.05) is 20.8 Å². The zero-order valence-electron chi connectivity index (χ0n) is 8.76. The topological polar surface area (TPSA) is 42.9 Å². The Hall–Kier alpha value is -0.960. The van der Waals surface area contributed by atoms with Gasteiger partial charge in [0.15, 0.2) is 0 Å². The van der Waals surface area contributed by atoms with E-state index in [1.807, 2.05) is 20.8 Å². The van der Waals surface area contributed by atoms with Crippen molar-refractivity contribution in [2.24, 2.45) is 0 Å². The monoisotopic (exact) mass is 212 g/mol. The van der Waals surface area contributed by atoms with Crippen LogP contribution in [-0.4, -0.2) is 15.2 Å². The maximum absolute atomic E-state index is 11.1. The Morgan fingerprint density at radius 3 is 2.43 bits per heavy atom. The summed E-state index contributed by atoms with van der Waals surface area (Å²) in [5, 5.41) is -0.505. The summed E-state index contributed by atoms with van der Waals surface area (Å²) in [7, 11) is 0. The van der Waals surface area contributed by atoms with E-state index in [2.05, 4.69) is 9.97 Å². The Balaban J connectivity index is 3.38. The second-order valence-electron chi connectivity index (χ2n) is 4.20. The minimum absolute atomic E-state index is 0.201. The van der Waals surface area contributed by atoms with Gasteiger partial charge in [0.25, 0.3) is 5.24 Å². The first-order valence-corrected chi connectivity index (χ1v) is 4.74. The molecular formula is C10H13ClN2O. The van der Waals surface area contributed by atoms with Crippen LogP contribution in [0.1, 0.15) is 42.6 Å². The van der Waals surface area contributed by atoms with Gasteiger partial charge in [-0.3, -0.25) is 4.79 Å². The quantitative estimate of drug-likeness (QED) is 0.672. The molecule has 0 saturated heterocycles. The third kappa shape index (κ3) is 2.29. The van der Waals surface area contributed by atoms with Crippen molar-refractivity contribution in [3.8, 4) is 0 Å². The number of rotatable bonds is 1. The molecule has 76 valence electrons. The van der Waals surface area contributed by atoms with Crippen molar-refractivity contribution in [2.75, 3.05) is 0 Å². The zero-order valence-corrected chi connectivity index (χ0v) is 9.51. The van der Waals surface area contributed by atoms with E-state index in [9.17, 15) is 4.79 Å². The summed E-state index contributed by atoms with van der Waals surface area (Å²) < 4.78 is 0. The van der Waals surface area contributed by atoms with E-state index in [0.29, 0.717) is 17.1 Å². The number of aromatic nitrogens is 2. The molecule has 0 aliphatic carbocycles. The van der Waals surface area contributed by atoms with Crippen LogP contribution in [0, 0.1) is 6.92 Å². The van der Waals surface area contributed by atoms with Gasteiger partial charge < -0.3 is 0 Å². The first kappa shape index (κ1) is 11.1. The summed E-state index contributed by atoms with van der Waals surface area (Å²) in [6.45, 7) is 7.74. The van der Waals surface area contributed by atoms with Crippen LogP contribution in [0.25, 0.3) is 0 Å². The summed E-state index contributed by atoms with van der Waals surface area (Å²) >= 11 is 5.45. The van der Waals surface area contributed by atoms with E-state index in [4.69, 9.17) is 11.6 Å². The molecule has 0 radical (unpaired) electrons. The summed E-state index contributed by atoms with van der Waals surface area (Å²) in [4.78, 5) is 19.3. The lowest BCUT2D eigenvalue weighted by molar-refractivity contribution is 0.107. The highest BCUT2D eigenvalue weighted by molar-refractivity contribution is 6.67. The highest BCUT2D eigenvalue weighted by atomic mass is 35.5. The van der Waals surface area contributed by atoms with Crippen molar-refractivity contribution in [2.45, 2.75) is 33.1 Å². The lowest BCUT2D eigenvalue weighted by Crippen LogP contribution is -2.19. The SMILES string of the molecule is Cc1ncc(C(=O)Cl)c(C(C)(C)C)n1. The first-order chi connectivity index (χ1) is 6.32. The van der Waals surface area contributed by atoms with Crippen molar-refractivity contribution in [1.82, 2.24) is 9.97 Å². The molecule has 1 rings (SSSR count).